The Kier molecular flexibility index (Phi) is 6.08. The summed E-state index contributed by atoms with van der Waals surface area (Å²) < 4.78 is 36.0. The molecule has 2 aromatic carbocycles. The molecule has 5 nitrogen and oxygen atoms in total. The van der Waals surface area contributed by atoms with Crippen LogP contribution in [-0.2, 0) is 4.79 Å². The molecule has 1 atom stereocenters. The van der Waals surface area contributed by atoms with E-state index in [1.165, 1.54) is 23.1 Å². The van der Waals surface area contributed by atoms with Gasteiger partial charge >= 0.3 is 0 Å². The Labute approximate surface area is 186 Å². The zero-order chi connectivity index (χ0) is 22.8. The quantitative estimate of drug-likeness (QED) is 0.513. The molecule has 166 valence electrons. The van der Waals surface area contributed by atoms with Gasteiger partial charge in [-0.1, -0.05) is 12.1 Å². The average molecular weight is 437 g/mol. The van der Waals surface area contributed by atoms with Crippen LogP contribution in [0.25, 0.3) is 11.8 Å². The maximum absolute atomic E-state index is 14.3. The van der Waals surface area contributed by atoms with Crippen LogP contribution in [-0.4, -0.2) is 34.0 Å². The fourth-order valence-corrected chi connectivity index (χ4v) is 4.15. The van der Waals surface area contributed by atoms with Gasteiger partial charge in [0, 0.05) is 23.9 Å². The monoisotopic (exact) mass is 437 g/mol. The molecule has 0 saturated carbocycles. The standard InChI is InChI=1S/C25H25F2N3O2/c1-16-14-29(15-28-16)22-10-9-18(13-23(22)32-3)12-19-6-5-11-30(25(19)31)17(2)24-20(26)7-4-8-21(24)27/h4,7-10,12-15,17H,5-6,11H2,1-3H3/t17-/m1/s1. The van der Waals surface area contributed by atoms with Crippen molar-refractivity contribution in [3.05, 3.63) is 83.0 Å². The van der Waals surface area contributed by atoms with Crippen LogP contribution in [0.3, 0.4) is 0 Å². The third-order valence-electron chi connectivity index (χ3n) is 5.80. The number of benzene rings is 2. The minimum absolute atomic E-state index is 0.0799. The first-order valence-corrected chi connectivity index (χ1v) is 10.5. The van der Waals surface area contributed by atoms with E-state index in [-0.39, 0.29) is 11.5 Å². The first kappa shape index (κ1) is 21.7. The second-order valence-electron chi connectivity index (χ2n) is 7.94. The van der Waals surface area contributed by atoms with Gasteiger partial charge in [0.05, 0.1) is 30.9 Å². The van der Waals surface area contributed by atoms with Gasteiger partial charge in [-0.2, -0.15) is 0 Å². The van der Waals surface area contributed by atoms with Gasteiger partial charge in [0.2, 0.25) is 5.91 Å². The smallest absolute Gasteiger partial charge is 0.250 e. The van der Waals surface area contributed by atoms with Crippen LogP contribution in [0.5, 0.6) is 5.75 Å². The number of aromatic nitrogens is 2. The lowest BCUT2D eigenvalue weighted by molar-refractivity contribution is -0.130. The highest BCUT2D eigenvalue weighted by Gasteiger charge is 2.30. The summed E-state index contributed by atoms with van der Waals surface area (Å²) in [6.07, 6.45) is 6.78. The van der Waals surface area contributed by atoms with E-state index in [9.17, 15) is 13.6 Å². The number of aryl methyl sites for hydroxylation is 1. The molecule has 0 bridgehead atoms. The van der Waals surface area contributed by atoms with Crippen molar-refractivity contribution in [2.45, 2.75) is 32.7 Å². The number of methoxy groups -OCH3 is 1. The first-order valence-electron chi connectivity index (χ1n) is 10.5. The Balaban J connectivity index is 1.62. The van der Waals surface area contributed by atoms with Gasteiger partial charge in [0.15, 0.2) is 0 Å². The Morgan fingerprint density at radius 1 is 1.19 bits per heavy atom. The third kappa shape index (κ3) is 4.15. The molecule has 1 saturated heterocycles. The van der Waals surface area contributed by atoms with Crippen molar-refractivity contribution in [1.82, 2.24) is 14.5 Å². The molecule has 0 aliphatic carbocycles. The van der Waals surface area contributed by atoms with Gasteiger partial charge in [-0.3, -0.25) is 4.79 Å². The number of halogens is 2. The topological polar surface area (TPSA) is 47.4 Å². The van der Waals surface area contributed by atoms with E-state index in [0.717, 1.165) is 23.4 Å². The lowest BCUT2D eigenvalue weighted by atomic mass is 9.97. The zero-order valence-electron chi connectivity index (χ0n) is 18.3. The van der Waals surface area contributed by atoms with Gasteiger partial charge in [0.1, 0.15) is 17.4 Å². The number of hydrogen-bond donors (Lipinski definition) is 0. The molecular formula is C25H25F2N3O2. The number of carbonyl (C=O) groups excluding carboxylic acids is 1. The molecule has 1 amide bonds. The molecular weight excluding hydrogens is 412 g/mol. The van der Waals surface area contributed by atoms with Crippen LogP contribution < -0.4 is 4.74 Å². The van der Waals surface area contributed by atoms with Crippen LogP contribution in [0.2, 0.25) is 0 Å². The molecule has 32 heavy (non-hydrogen) atoms. The number of nitrogens with zero attached hydrogens (tertiary/aromatic N) is 3. The Morgan fingerprint density at radius 3 is 2.59 bits per heavy atom. The summed E-state index contributed by atoms with van der Waals surface area (Å²) >= 11 is 0. The SMILES string of the molecule is COc1cc(C=C2CCCN([C@H](C)c3c(F)cccc3F)C2=O)ccc1-n1cnc(C)c1. The highest BCUT2D eigenvalue weighted by molar-refractivity contribution is 5.98. The van der Waals surface area contributed by atoms with Crippen molar-refractivity contribution in [3.63, 3.8) is 0 Å². The molecule has 1 aliphatic rings. The number of hydrogen-bond acceptors (Lipinski definition) is 3. The van der Waals surface area contributed by atoms with Crippen LogP contribution >= 0.6 is 0 Å². The van der Waals surface area contributed by atoms with Crippen molar-refractivity contribution < 1.29 is 18.3 Å². The van der Waals surface area contributed by atoms with E-state index >= 15 is 0 Å². The number of ether oxygens (including phenoxy) is 1. The fraction of sp³-hybridized carbons (Fsp3) is 0.280. The second kappa shape index (κ2) is 8.94. The van der Waals surface area contributed by atoms with Gasteiger partial charge in [-0.15, -0.1) is 0 Å². The maximum atomic E-state index is 14.3. The Bertz CT molecular complexity index is 1170. The van der Waals surface area contributed by atoms with Crippen LogP contribution in [0.15, 0.2) is 54.5 Å². The minimum atomic E-state index is -0.700. The minimum Gasteiger partial charge on any atom is -0.495 e. The maximum Gasteiger partial charge on any atom is 0.250 e. The van der Waals surface area contributed by atoms with Gasteiger partial charge in [-0.25, -0.2) is 13.8 Å². The van der Waals surface area contributed by atoms with E-state index in [0.29, 0.717) is 24.3 Å². The number of amides is 1. The Morgan fingerprint density at radius 2 is 1.94 bits per heavy atom. The number of carbonyl (C=O) groups is 1. The number of imidazole rings is 1. The van der Waals surface area contributed by atoms with Crippen molar-refractivity contribution in [1.29, 1.82) is 0 Å². The molecule has 1 fully saturated rings. The summed E-state index contributed by atoms with van der Waals surface area (Å²) in [6, 6.07) is 8.75. The van der Waals surface area contributed by atoms with E-state index in [4.69, 9.17) is 4.74 Å². The largest absolute Gasteiger partial charge is 0.495 e. The summed E-state index contributed by atoms with van der Waals surface area (Å²) in [5.74, 6) is -0.841. The summed E-state index contributed by atoms with van der Waals surface area (Å²) in [7, 11) is 1.59. The van der Waals surface area contributed by atoms with Crippen molar-refractivity contribution in [2.75, 3.05) is 13.7 Å². The van der Waals surface area contributed by atoms with Gasteiger partial charge in [-0.05, 0) is 62.6 Å². The van der Waals surface area contributed by atoms with Crippen LogP contribution in [0.4, 0.5) is 8.78 Å². The number of rotatable bonds is 5. The highest BCUT2D eigenvalue weighted by Crippen LogP contribution is 2.32. The number of likely N-dealkylation sites (tertiary alicyclic amines) is 1. The molecule has 0 radical (unpaired) electrons. The average Bonchev–Trinajstić information content (AvgIpc) is 3.21. The van der Waals surface area contributed by atoms with E-state index in [1.54, 1.807) is 20.4 Å². The molecule has 3 aromatic rings. The van der Waals surface area contributed by atoms with Gasteiger partial charge < -0.3 is 14.2 Å². The molecule has 0 unspecified atom stereocenters. The van der Waals surface area contributed by atoms with Crippen molar-refractivity contribution in [2.24, 2.45) is 0 Å². The molecule has 0 N–H and O–H groups in total. The van der Waals surface area contributed by atoms with Crippen LogP contribution in [0, 0.1) is 18.6 Å². The molecule has 1 aliphatic heterocycles. The summed E-state index contributed by atoms with van der Waals surface area (Å²) in [6.45, 7) is 4.02. The molecule has 4 rings (SSSR count). The summed E-state index contributed by atoms with van der Waals surface area (Å²) in [5.41, 5.74) is 3.08. The lowest BCUT2D eigenvalue weighted by Gasteiger charge is -2.34. The summed E-state index contributed by atoms with van der Waals surface area (Å²) in [4.78, 5) is 19.0. The molecule has 1 aromatic heterocycles. The second-order valence-corrected chi connectivity index (χ2v) is 7.94. The van der Waals surface area contributed by atoms with Crippen molar-refractivity contribution in [3.8, 4) is 11.4 Å². The molecule has 7 heteroatoms. The highest BCUT2D eigenvalue weighted by atomic mass is 19.1. The lowest BCUT2D eigenvalue weighted by Crippen LogP contribution is -2.39. The predicted octanol–water partition coefficient (Wildman–Crippen LogP) is 5.23. The predicted molar refractivity (Wildman–Crippen MR) is 119 cm³/mol. The van der Waals surface area contributed by atoms with E-state index < -0.39 is 17.7 Å². The van der Waals surface area contributed by atoms with Crippen LogP contribution in [0.1, 0.15) is 42.6 Å². The first-order chi connectivity index (χ1) is 15.4. The normalized spacial score (nSPS) is 16.5. The number of piperidine rings is 1. The summed E-state index contributed by atoms with van der Waals surface area (Å²) in [5, 5.41) is 0. The molecule has 2 heterocycles. The van der Waals surface area contributed by atoms with E-state index in [1.807, 2.05) is 42.0 Å². The molecule has 0 spiro atoms. The fourth-order valence-electron chi connectivity index (χ4n) is 4.15. The van der Waals surface area contributed by atoms with E-state index in [2.05, 4.69) is 4.98 Å². The van der Waals surface area contributed by atoms with Gasteiger partial charge in [0.25, 0.3) is 0 Å². The van der Waals surface area contributed by atoms with Crippen molar-refractivity contribution >= 4 is 12.0 Å². The zero-order valence-corrected chi connectivity index (χ0v) is 18.3. The third-order valence-corrected chi connectivity index (χ3v) is 5.80. The Hall–Kier alpha value is -3.48.